The number of hydrogen-bond donors (Lipinski definition) is 1. The lowest BCUT2D eigenvalue weighted by Crippen LogP contribution is -2.25. The van der Waals surface area contributed by atoms with Crippen molar-refractivity contribution in [1.29, 1.82) is 0 Å². The normalized spacial score (nSPS) is 11.1. The molecule has 0 spiro atoms. The highest BCUT2D eigenvalue weighted by Crippen LogP contribution is 2.29. The molecule has 25 heavy (non-hydrogen) atoms. The number of carbonyl (C=O) groups excluding carboxylic acids is 1. The Kier molecular flexibility index (Phi) is 5.82. The number of sulfonamides is 1. The van der Waals surface area contributed by atoms with E-state index in [0.29, 0.717) is 22.1 Å². The lowest BCUT2D eigenvalue weighted by atomic mass is 10.2. The fourth-order valence-electron chi connectivity index (χ4n) is 2.02. The van der Waals surface area contributed by atoms with E-state index in [1.807, 2.05) is 0 Å². The summed E-state index contributed by atoms with van der Waals surface area (Å²) < 4.78 is 29.3. The van der Waals surface area contributed by atoms with E-state index < -0.39 is 15.9 Å². The van der Waals surface area contributed by atoms with E-state index in [-0.39, 0.29) is 10.6 Å². The molecule has 2 aromatic rings. The van der Waals surface area contributed by atoms with Crippen LogP contribution in [0, 0.1) is 0 Å². The molecule has 0 aliphatic carbocycles. The van der Waals surface area contributed by atoms with Crippen molar-refractivity contribution in [3.05, 3.63) is 52.0 Å². The van der Waals surface area contributed by atoms with Crippen LogP contribution in [0.15, 0.2) is 36.4 Å². The highest BCUT2D eigenvalue weighted by molar-refractivity contribution is 7.92. The predicted molar refractivity (Wildman–Crippen MR) is 101 cm³/mol. The quantitative estimate of drug-likeness (QED) is 0.827. The molecule has 0 heterocycles. The Morgan fingerprint density at radius 3 is 2.32 bits per heavy atom. The van der Waals surface area contributed by atoms with Crippen LogP contribution in [0.3, 0.4) is 0 Å². The number of amides is 1. The molecule has 6 nitrogen and oxygen atoms in total. The topological polar surface area (TPSA) is 75.7 Å². The number of anilines is 2. The lowest BCUT2D eigenvalue weighted by Gasteiger charge is -2.17. The first-order valence-electron chi connectivity index (χ1n) is 7.02. The number of nitrogens with zero attached hydrogens (tertiary/aromatic N) is 1. The minimum absolute atomic E-state index is 0.130. The number of halogens is 2. The van der Waals surface area contributed by atoms with Gasteiger partial charge in [0.1, 0.15) is 5.75 Å². The number of carbonyl (C=O) groups is 1. The van der Waals surface area contributed by atoms with Crippen LogP contribution in [0.2, 0.25) is 10.0 Å². The molecule has 134 valence electrons. The van der Waals surface area contributed by atoms with Gasteiger partial charge in [0.15, 0.2) is 0 Å². The van der Waals surface area contributed by atoms with E-state index in [1.165, 1.54) is 32.4 Å². The molecule has 0 unspecified atom stereocenters. The number of hydrogen-bond acceptors (Lipinski definition) is 4. The number of benzene rings is 2. The van der Waals surface area contributed by atoms with E-state index in [2.05, 4.69) is 5.32 Å². The Bertz CT molecular complexity index is 916. The molecule has 2 rings (SSSR count). The van der Waals surface area contributed by atoms with E-state index in [9.17, 15) is 13.2 Å². The molecule has 0 atom stereocenters. The average Bonchev–Trinajstić information content (AvgIpc) is 2.53. The first-order chi connectivity index (χ1) is 11.6. The largest absolute Gasteiger partial charge is 0.495 e. The minimum Gasteiger partial charge on any atom is -0.495 e. The second-order valence-electron chi connectivity index (χ2n) is 5.20. The van der Waals surface area contributed by atoms with E-state index in [1.54, 1.807) is 18.2 Å². The van der Waals surface area contributed by atoms with Crippen molar-refractivity contribution >= 4 is 50.5 Å². The SMILES string of the molecule is COc1ccc(NC(=O)c2ccc(N(C)S(C)(=O)=O)cc2Cl)cc1Cl. The van der Waals surface area contributed by atoms with Gasteiger partial charge in [-0.15, -0.1) is 0 Å². The summed E-state index contributed by atoms with van der Waals surface area (Å²) >= 11 is 12.2. The molecule has 0 radical (unpaired) electrons. The monoisotopic (exact) mass is 402 g/mol. The zero-order valence-electron chi connectivity index (χ0n) is 13.7. The molecule has 0 fully saturated rings. The first kappa shape index (κ1) is 19.4. The molecule has 9 heteroatoms. The molecule has 0 aliphatic heterocycles. The summed E-state index contributed by atoms with van der Waals surface area (Å²) in [7, 11) is -0.521. The molecule has 0 saturated carbocycles. The van der Waals surface area contributed by atoms with Crippen molar-refractivity contribution in [2.24, 2.45) is 0 Å². The highest BCUT2D eigenvalue weighted by Gasteiger charge is 2.16. The Morgan fingerprint density at radius 1 is 1.12 bits per heavy atom. The fourth-order valence-corrected chi connectivity index (χ4v) is 3.03. The number of methoxy groups -OCH3 is 1. The van der Waals surface area contributed by atoms with Crippen LogP contribution < -0.4 is 14.4 Å². The van der Waals surface area contributed by atoms with E-state index in [4.69, 9.17) is 27.9 Å². The zero-order chi connectivity index (χ0) is 18.8. The third-order valence-corrected chi connectivity index (χ3v) is 5.28. The van der Waals surface area contributed by atoms with Crippen molar-refractivity contribution in [2.75, 3.05) is 30.0 Å². The second-order valence-corrected chi connectivity index (χ2v) is 8.03. The van der Waals surface area contributed by atoms with Gasteiger partial charge in [0.05, 0.1) is 34.7 Å². The van der Waals surface area contributed by atoms with Gasteiger partial charge in [0.2, 0.25) is 10.0 Å². The number of nitrogens with one attached hydrogen (secondary N) is 1. The molecule has 1 N–H and O–H groups in total. The second kappa shape index (κ2) is 7.51. The third-order valence-electron chi connectivity index (χ3n) is 3.47. The van der Waals surface area contributed by atoms with E-state index >= 15 is 0 Å². The minimum atomic E-state index is -3.42. The maximum atomic E-state index is 12.4. The molecule has 1 amide bonds. The van der Waals surface area contributed by atoms with Crippen LogP contribution in [0.25, 0.3) is 0 Å². The Balaban J connectivity index is 2.24. The fraction of sp³-hybridized carbons (Fsp3) is 0.188. The van der Waals surface area contributed by atoms with Crippen LogP contribution in [0.1, 0.15) is 10.4 Å². The summed E-state index contributed by atoms with van der Waals surface area (Å²) in [4.78, 5) is 12.4. The number of ether oxygens (including phenoxy) is 1. The average molecular weight is 403 g/mol. The summed E-state index contributed by atoms with van der Waals surface area (Å²) in [6, 6.07) is 9.20. The third kappa shape index (κ3) is 4.56. The van der Waals surface area contributed by atoms with Gasteiger partial charge in [-0.1, -0.05) is 23.2 Å². The van der Waals surface area contributed by atoms with Crippen molar-refractivity contribution in [1.82, 2.24) is 0 Å². The standard InChI is InChI=1S/C16H16Cl2N2O4S/c1-20(25(3,22)23)11-5-6-12(13(17)9-11)16(21)19-10-4-7-15(24-2)14(18)8-10/h4-9H,1-3H3,(H,19,21). The summed E-state index contributed by atoms with van der Waals surface area (Å²) in [5.74, 6) is 0.0469. The highest BCUT2D eigenvalue weighted by atomic mass is 35.5. The van der Waals surface area contributed by atoms with Gasteiger partial charge in [-0.2, -0.15) is 0 Å². The smallest absolute Gasteiger partial charge is 0.257 e. The van der Waals surface area contributed by atoms with Crippen molar-refractivity contribution in [3.8, 4) is 5.75 Å². The van der Waals surface area contributed by atoms with Crippen LogP contribution in [0.5, 0.6) is 5.75 Å². The number of rotatable bonds is 5. The van der Waals surface area contributed by atoms with Gasteiger partial charge >= 0.3 is 0 Å². The molecule has 0 aromatic heterocycles. The molecule has 2 aromatic carbocycles. The Labute approximate surface area is 156 Å². The lowest BCUT2D eigenvalue weighted by molar-refractivity contribution is 0.102. The van der Waals surface area contributed by atoms with Crippen LogP contribution >= 0.6 is 23.2 Å². The Morgan fingerprint density at radius 2 is 1.80 bits per heavy atom. The Hall–Kier alpha value is -1.96. The van der Waals surface area contributed by atoms with Crippen LogP contribution in [-0.4, -0.2) is 34.7 Å². The van der Waals surface area contributed by atoms with Gasteiger partial charge in [0.25, 0.3) is 5.91 Å². The molecule has 0 bridgehead atoms. The van der Waals surface area contributed by atoms with Crippen molar-refractivity contribution in [2.45, 2.75) is 0 Å². The van der Waals surface area contributed by atoms with Crippen molar-refractivity contribution in [3.63, 3.8) is 0 Å². The summed E-state index contributed by atoms with van der Waals surface area (Å²) in [6.45, 7) is 0. The molecular formula is C16H16Cl2N2O4S. The van der Waals surface area contributed by atoms with Gasteiger partial charge in [-0.3, -0.25) is 9.10 Å². The first-order valence-corrected chi connectivity index (χ1v) is 9.62. The maximum absolute atomic E-state index is 12.4. The van der Waals surface area contributed by atoms with Gasteiger partial charge in [-0.05, 0) is 36.4 Å². The zero-order valence-corrected chi connectivity index (χ0v) is 16.0. The summed E-state index contributed by atoms with van der Waals surface area (Å²) in [5.41, 5.74) is 1.04. The van der Waals surface area contributed by atoms with Gasteiger partial charge < -0.3 is 10.1 Å². The molecule has 0 aliphatic rings. The van der Waals surface area contributed by atoms with Crippen LogP contribution in [-0.2, 0) is 10.0 Å². The maximum Gasteiger partial charge on any atom is 0.257 e. The van der Waals surface area contributed by atoms with E-state index in [0.717, 1.165) is 10.6 Å². The van der Waals surface area contributed by atoms with Crippen molar-refractivity contribution < 1.29 is 17.9 Å². The summed E-state index contributed by atoms with van der Waals surface area (Å²) in [5, 5.41) is 3.16. The molecular weight excluding hydrogens is 387 g/mol. The van der Waals surface area contributed by atoms with Gasteiger partial charge in [-0.25, -0.2) is 8.42 Å². The van der Waals surface area contributed by atoms with Crippen LogP contribution in [0.4, 0.5) is 11.4 Å². The van der Waals surface area contributed by atoms with Gasteiger partial charge in [0, 0.05) is 12.7 Å². The predicted octanol–water partition coefficient (Wildman–Crippen LogP) is 3.65. The molecule has 0 saturated heterocycles. The summed E-state index contributed by atoms with van der Waals surface area (Å²) in [6.07, 6.45) is 1.08.